The summed E-state index contributed by atoms with van der Waals surface area (Å²) < 4.78 is 6.89. The number of hydrogen-bond acceptors (Lipinski definition) is 5. The topological polar surface area (TPSA) is 78.8 Å². The molecule has 4 aliphatic carbocycles. The van der Waals surface area contributed by atoms with Gasteiger partial charge in [-0.1, -0.05) is 27.4 Å². The molecule has 5 heteroatoms. The van der Waals surface area contributed by atoms with E-state index in [0.29, 0.717) is 43.1 Å². The van der Waals surface area contributed by atoms with E-state index in [2.05, 4.69) is 32.7 Å². The molecule has 5 nitrogen and oxygen atoms in total. The van der Waals surface area contributed by atoms with Crippen molar-refractivity contribution in [3.05, 3.63) is 12.2 Å². The zero-order valence-electron chi connectivity index (χ0n) is 20.0. The molecule has 0 aromatic rings. The van der Waals surface area contributed by atoms with Gasteiger partial charge in [-0.15, -0.1) is 0 Å². The van der Waals surface area contributed by atoms with Crippen LogP contribution < -0.4 is 5.32 Å². The highest BCUT2D eigenvalue weighted by molar-refractivity contribution is 5.83. The Kier molecular flexibility index (Phi) is 4.69. The average Bonchev–Trinajstić information content (AvgIpc) is 3.20. The molecule has 12 unspecified atom stereocenters. The van der Waals surface area contributed by atoms with E-state index < -0.39 is 5.60 Å². The SMILES string of the molecule is C=C1C2CC3C(CC(=O)C4CC(O)CCC43C)C2(O)CCC12OC1CC(C)CNC1C2C. The molecule has 2 aliphatic heterocycles. The second kappa shape index (κ2) is 6.90. The molecule has 1 spiro atoms. The molecule has 0 aromatic carbocycles. The molecule has 2 saturated heterocycles. The number of piperidine rings is 1. The second-order valence-corrected chi connectivity index (χ2v) is 12.8. The van der Waals surface area contributed by atoms with Crippen molar-refractivity contribution in [3.8, 4) is 0 Å². The Morgan fingerprint density at radius 1 is 1.09 bits per heavy atom. The average molecular weight is 444 g/mol. The maximum absolute atomic E-state index is 13.2. The van der Waals surface area contributed by atoms with Gasteiger partial charge in [-0.05, 0) is 80.2 Å². The van der Waals surface area contributed by atoms with Gasteiger partial charge in [0.1, 0.15) is 5.78 Å². The molecule has 6 aliphatic rings. The van der Waals surface area contributed by atoms with Gasteiger partial charge >= 0.3 is 0 Å². The van der Waals surface area contributed by atoms with Crippen LogP contribution in [-0.2, 0) is 9.53 Å². The number of nitrogens with one attached hydrogen (secondary N) is 1. The summed E-state index contributed by atoms with van der Waals surface area (Å²) in [5.74, 6) is 1.50. The molecule has 6 fully saturated rings. The Hall–Kier alpha value is -0.750. The first-order chi connectivity index (χ1) is 15.1. The number of fused-ring (bicyclic) bond motifs is 6. The van der Waals surface area contributed by atoms with Crippen molar-refractivity contribution in [1.82, 2.24) is 5.32 Å². The zero-order valence-corrected chi connectivity index (χ0v) is 20.0. The monoisotopic (exact) mass is 443 g/mol. The highest BCUT2D eigenvalue weighted by Gasteiger charge is 2.69. The van der Waals surface area contributed by atoms with Gasteiger partial charge in [-0.25, -0.2) is 0 Å². The lowest BCUT2D eigenvalue weighted by molar-refractivity contribution is -0.159. The highest BCUT2D eigenvalue weighted by Crippen LogP contribution is 2.68. The summed E-state index contributed by atoms with van der Waals surface area (Å²) in [6, 6.07) is 0.362. The quantitative estimate of drug-likeness (QED) is 0.501. The van der Waals surface area contributed by atoms with Gasteiger partial charge in [0.25, 0.3) is 0 Å². The van der Waals surface area contributed by atoms with Crippen LogP contribution in [0, 0.1) is 40.9 Å². The number of rotatable bonds is 0. The fraction of sp³-hybridized carbons (Fsp3) is 0.889. The lowest BCUT2D eigenvalue weighted by Gasteiger charge is -2.54. The van der Waals surface area contributed by atoms with Crippen LogP contribution in [0.3, 0.4) is 0 Å². The maximum Gasteiger partial charge on any atom is 0.137 e. The summed E-state index contributed by atoms with van der Waals surface area (Å²) in [6.45, 7) is 12.6. The van der Waals surface area contributed by atoms with Crippen molar-refractivity contribution >= 4 is 5.78 Å². The minimum absolute atomic E-state index is 0.00139. The number of ketones is 1. The van der Waals surface area contributed by atoms with Gasteiger partial charge in [0.15, 0.2) is 0 Å². The second-order valence-electron chi connectivity index (χ2n) is 12.8. The Morgan fingerprint density at radius 3 is 2.66 bits per heavy atom. The van der Waals surface area contributed by atoms with Crippen molar-refractivity contribution < 1.29 is 19.7 Å². The van der Waals surface area contributed by atoms with Gasteiger partial charge in [0, 0.05) is 30.2 Å². The lowest BCUT2D eigenvalue weighted by atomic mass is 9.51. The van der Waals surface area contributed by atoms with Crippen LogP contribution in [0.5, 0.6) is 0 Å². The number of aliphatic hydroxyl groups excluding tert-OH is 1. The number of Topliss-reactive ketones (excluding diaryl/α,β-unsaturated/α-hetero) is 1. The highest BCUT2D eigenvalue weighted by atomic mass is 16.5. The van der Waals surface area contributed by atoms with Crippen molar-refractivity contribution in [3.63, 3.8) is 0 Å². The van der Waals surface area contributed by atoms with Crippen LogP contribution in [0.25, 0.3) is 0 Å². The largest absolute Gasteiger partial charge is 0.393 e. The summed E-state index contributed by atoms with van der Waals surface area (Å²) in [6.07, 6.45) is 6.09. The first kappa shape index (κ1) is 21.8. The van der Waals surface area contributed by atoms with E-state index in [0.717, 1.165) is 44.2 Å². The molecule has 0 amide bonds. The molecular formula is C27H41NO4. The van der Waals surface area contributed by atoms with Crippen LogP contribution >= 0.6 is 0 Å². The third kappa shape index (κ3) is 2.63. The first-order valence-electron chi connectivity index (χ1n) is 13.1. The van der Waals surface area contributed by atoms with Gasteiger partial charge < -0.3 is 20.3 Å². The third-order valence-corrected chi connectivity index (χ3v) is 11.4. The summed E-state index contributed by atoms with van der Waals surface area (Å²) in [7, 11) is 0. The molecule has 3 N–H and O–H groups in total. The number of carbonyl (C=O) groups is 1. The normalized spacial score (nSPS) is 59.5. The lowest BCUT2D eigenvalue weighted by Crippen LogP contribution is -2.57. The summed E-state index contributed by atoms with van der Waals surface area (Å²) in [4.78, 5) is 13.2. The maximum atomic E-state index is 13.2. The first-order valence-corrected chi connectivity index (χ1v) is 13.1. The van der Waals surface area contributed by atoms with Crippen LogP contribution in [0.2, 0.25) is 0 Å². The van der Waals surface area contributed by atoms with Crippen LogP contribution in [0.15, 0.2) is 12.2 Å². The fourth-order valence-electron chi connectivity index (χ4n) is 9.57. The number of carbonyl (C=O) groups excluding carboxylic acids is 1. The molecule has 32 heavy (non-hydrogen) atoms. The Balaban J connectivity index is 1.33. The van der Waals surface area contributed by atoms with Crippen LogP contribution in [0.4, 0.5) is 0 Å². The standard InChI is InChI=1S/C27H41NO4/c1-14-9-23-24(28-13-14)16(3)27(32-23)8-7-26(31)18(15(27)2)11-19-20(26)12-22(30)21-10-17(29)5-6-25(19,21)4/h14,16-21,23-24,28-29,31H,2,5-13H2,1,3-4H3. The van der Waals surface area contributed by atoms with Gasteiger partial charge in [0.05, 0.1) is 23.4 Å². The summed E-state index contributed by atoms with van der Waals surface area (Å²) in [5, 5.41) is 26.2. The number of aliphatic hydroxyl groups is 2. The zero-order chi connectivity index (χ0) is 22.6. The van der Waals surface area contributed by atoms with Crippen molar-refractivity contribution in [1.29, 1.82) is 0 Å². The Morgan fingerprint density at radius 2 is 1.88 bits per heavy atom. The predicted octanol–water partition coefficient (Wildman–Crippen LogP) is 3.23. The van der Waals surface area contributed by atoms with E-state index in [-0.39, 0.29) is 46.8 Å². The predicted molar refractivity (Wildman–Crippen MR) is 122 cm³/mol. The van der Waals surface area contributed by atoms with E-state index in [9.17, 15) is 15.0 Å². The minimum atomic E-state index is -0.843. The van der Waals surface area contributed by atoms with Crippen molar-refractivity contribution in [2.75, 3.05) is 6.54 Å². The van der Waals surface area contributed by atoms with E-state index in [1.165, 1.54) is 0 Å². The van der Waals surface area contributed by atoms with Gasteiger partial charge in [-0.2, -0.15) is 0 Å². The molecule has 0 bridgehead atoms. The van der Waals surface area contributed by atoms with Gasteiger partial charge in [0.2, 0.25) is 0 Å². The van der Waals surface area contributed by atoms with E-state index in [1.807, 2.05) is 0 Å². The van der Waals surface area contributed by atoms with Crippen LogP contribution in [-0.4, -0.2) is 52.0 Å². The molecular weight excluding hydrogens is 402 g/mol. The Bertz CT molecular complexity index is 844. The van der Waals surface area contributed by atoms with Gasteiger partial charge in [-0.3, -0.25) is 4.79 Å². The molecule has 12 atom stereocenters. The molecule has 0 aromatic heterocycles. The van der Waals surface area contributed by atoms with Crippen molar-refractivity contribution in [2.24, 2.45) is 40.9 Å². The molecule has 2 heterocycles. The fourth-order valence-corrected chi connectivity index (χ4v) is 9.57. The third-order valence-electron chi connectivity index (χ3n) is 11.4. The molecule has 178 valence electrons. The van der Waals surface area contributed by atoms with Crippen LogP contribution in [0.1, 0.15) is 72.1 Å². The van der Waals surface area contributed by atoms with Crippen molar-refractivity contribution in [2.45, 2.75) is 102 Å². The van der Waals surface area contributed by atoms with E-state index >= 15 is 0 Å². The smallest absolute Gasteiger partial charge is 0.137 e. The number of ether oxygens (including phenoxy) is 1. The Labute approximate surface area is 192 Å². The molecule has 6 rings (SSSR count). The molecule has 0 radical (unpaired) electrons. The summed E-state index contributed by atoms with van der Waals surface area (Å²) >= 11 is 0. The van der Waals surface area contributed by atoms with E-state index in [4.69, 9.17) is 4.74 Å². The number of hydrogen-bond donors (Lipinski definition) is 3. The minimum Gasteiger partial charge on any atom is -0.393 e. The molecule has 4 saturated carbocycles. The summed E-state index contributed by atoms with van der Waals surface area (Å²) in [5.41, 5.74) is -0.221. The van der Waals surface area contributed by atoms with E-state index in [1.54, 1.807) is 0 Å².